The third kappa shape index (κ3) is 4.45. The van der Waals surface area contributed by atoms with E-state index in [1.54, 1.807) is 18.5 Å². The predicted molar refractivity (Wildman–Crippen MR) is 95.2 cm³/mol. The van der Waals surface area contributed by atoms with Crippen molar-refractivity contribution < 1.29 is 9.21 Å². The van der Waals surface area contributed by atoms with Crippen molar-refractivity contribution in [1.82, 2.24) is 19.8 Å². The second kappa shape index (κ2) is 7.35. The fourth-order valence-electron chi connectivity index (χ4n) is 2.93. The first-order valence-corrected chi connectivity index (χ1v) is 8.80. The lowest BCUT2D eigenvalue weighted by Gasteiger charge is -2.21. The summed E-state index contributed by atoms with van der Waals surface area (Å²) in [5.74, 6) is 1.71. The molecule has 0 spiro atoms. The molecule has 0 saturated carbocycles. The van der Waals surface area contributed by atoms with Gasteiger partial charge in [0.25, 0.3) is 5.91 Å². The van der Waals surface area contributed by atoms with E-state index in [4.69, 9.17) is 4.42 Å². The molecule has 0 unspecified atom stereocenters. The van der Waals surface area contributed by atoms with Crippen molar-refractivity contribution in [3.63, 3.8) is 0 Å². The predicted octanol–water partition coefficient (Wildman–Crippen LogP) is 2.72. The Kier molecular flexibility index (Phi) is 5.18. The molecule has 0 bridgehead atoms. The number of pyridine rings is 1. The fourth-order valence-corrected chi connectivity index (χ4v) is 2.93. The van der Waals surface area contributed by atoms with Gasteiger partial charge in [0.05, 0.1) is 18.3 Å². The van der Waals surface area contributed by atoms with E-state index in [1.807, 2.05) is 17.2 Å². The SMILES string of the molecule is CC(C)(C)c1cnc(CN2CCCN(C(=O)c3cccnc3)CC2)o1. The molecular formula is C19H26N4O2. The molecule has 6 nitrogen and oxygen atoms in total. The maximum absolute atomic E-state index is 12.6. The van der Waals surface area contributed by atoms with Crippen LogP contribution < -0.4 is 0 Å². The van der Waals surface area contributed by atoms with E-state index >= 15 is 0 Å². The number of amides is 1. The average molecular weight is 342 g/mol. The van der Waals surface area contributed by atoms with Crippen LogP contribution in [0.1, 0.15) is 49.2 Å². The largest absolute Gasteiger partial charge is 0.444 e. The topological polar surface area (TPSA) is 62.5 Å². The molecule has 0 radical (unpaired) electrons. The number of carbonyl (C=O) groups is 1. The van der Waals surface area contributed by atoms with Crippen molar-refractivity contribution in [3.05, 3.63) is 47.9 Å². The molecule has 3 heterocycles. The molecule has 0 N–H and O–H groups in total. The number of carbonyl (C=O) groups excluding carboxylic acids is 1. The lowest BCUT2D eigenvalue weighted by molar-refractivity contribution is 0.0760. The summed E-state index contributed by atoms with van der Waals surface area (Å²) in [6, 6.07) is 3.62. The summed E-state index contributed by atoms with van der Waals surface area (Å²) in [4.78, 5) is 25.2. The van der Waals surface area contributed by atoms with Crippen LogP contribution in [-0.2, 0) is 12.0 Å². The van der Waals surface area contributed by atoms with Crippen LogP contribution in [0.3, 0.4) is 0 Å². The smallest absolute Gasteiger partial charge is 0.255 e. The third-order valence-electron chi connectivity index (χ3n) is 4.44. The van der Waals surface area contributed by atoms with E-state index in [0.29, 0.717) is 18.7 Å². The van der Waals surface area contributed by atoms with Gasteiger partial charge >= 0.3 is 0 Å². The molecule has 6 heteroatoms. The second-order valence-electron chi connectivity index (χ2n) is 7.53. The normalized spacial score (nSPS) is 16.7. The number of hydrogen-bond donors (Lipinski definition) is 0. The average Bonchev–Trinajstić information content (AvgIpc) is 2.94. The molecule has 1 aliphatic rings. The highest BCUT2D eigenvalue weighted by Gasteiger charge is 2.23. The second-order valence-corrected chi connectivity index (χ2v) is 7.53. The Morgan fingerprint density at radius 2 is 2.04 bits per heavy atom. The van der Waals surface area contributed by atoms with Crippen LogP contribution in [0.25, 0.3) is 0 Å². The number of aromatic nitrogens is 2. The van der Waals surface area contributed by atoms with Gasteiger partial charge in [-0.15, -0.1) is 0 Å². The van der Waals surface area contributed by atoms with E-state index in [0.717, 1.165) is 37.7 Å². The van der Waals surface area contributed by atoms with Gasteiger partial charge < -0.3 is 9.32 Å². The van der Waals surface area contributed by atoms with Gasteiger partial charge in [-0.25, -0.2) is 4.98 Å². The lowest BCUT2D eigenvalue weighted by Crippen LogP contribution is -2.35. The van der Waals surface area contributed by atoms with Gasteiger partial charge in [-0.2, -0.15) is 0 Å². The minimum Gasteiger partial charge on any atom is -0.444 e. The van der Waals surface area contributed by atoms with Crippen molar-refractivity contribution in [2.24, 2.45) is 0 Å². The Labute approximate surface area is 148 Å². The minimum absolute atomic E-state index is 0.0308. The number of oxazole rings is 1. The van der Waals surface area contributed by atoms with E-state index in [9.17, 15) is 4.79 Å². The van der Waals surface area contributed by atoms with Gasteiger partial charge in [0.15, 0.2) is 0 Å². The van der Waals surface area contributed by atoms with Gasteiger partial charge in [0.2, 0.25) is 5.89 Å². The zero-order valence-electron chi connectivity index (χ0n) is 15.2. The molecule has 0 atom stereocenters. The number of hydrogen-bond acceptors (Lipinski definition) is 5. The van der Waals surface area contributed by atoms with Crippen molar-refractivity contribution in [2.75, 3.05) is 26.2 Å². The first-order chi connectivity index (χ1) is 11.9. The van der Waals surface area contributed by atoms with Crippen LogP contribution in [0.2, 0.25) is 0 Å². The maximum Gasteiger partial charge on any atom is 0.255 e. The molecule has 1 fully saturated rings. The van der Waals surface area contributed by atoms with Gasteiger partial charge in [-0.05, 0) is 18.6 Å². The van der Waals surface area contributed by atoms with Crippen molar-refractivity contribution in [1.29, 1.82) is 0 Å². The maximum atomic E-state index is 12.6. The molecular weight excluding hydrogens is 316 g/mol. The van der Waals surface area contributed by atoms with Gasteiger partial charge in [-0.3, -0.25) is 14.7 Å². The molecule has 0 aliphatic carbocycles. The summed E-state index contributed by atoms with van der Waals surface area (Å²) in [5.41, 5.74) is 0.621. The molecule has 2 aromatic heterocycles. The van der Waals surface area contributed by atoms with E-state index in [-0.39, 0.29) is 11.3 Å². The third-order valence-corrected chi connectivity index (χ3v) is 4.44. The highest BCUT2D eigenvalue weighted by atomic mass is 16.4. The minimum atomic E-state index is -0.0308. The monoisotopic (exact) mass is 342 g/mol. The summed E-state index contributed by atoms with van der Waals surface area (Å²) in [5, 5.41) is 0. The first kappa shape index (κ1) is 17.6. The summed E-state index contributed by atoms with van der Waals surface area (Å²) < 4.78 is 5.89. The lowest BCUT2D eigenvalue weighted by atomic mass is 9.94. The summed E-state index contributed by atoms with van der Waals surface area (Å²) in [7, 11) is 0. The Morgan fingerprint density at radius 3 is 2.72 bits per heavy atom. The summed E-state index contributed by atoms with van der Waals surface area (Å²) >= 11 is 0. The van der Waals surface area contributed by atoms with Gasteiger partial charge in [-0.1, -0.05) is 20.8 Å². The summed E-state index contributed by atoms with van der Waals surface area (Å²) in [6.07, 6.45) is 6.08. The Hall–Kier alpha value is -2.21. The van der Waals surface area contributed by atoms with Crippen molar-refractivity contribution in [2.45, 2.75) is 39.2 Å². The van der Waals surface area contributed by atoms with Crippen molar-refractivity contribution in [3.8, 4) is 0 Å². The molecule has 2 aromatic rings. The Morgan fingerprint density at radius 1 is 1.20 bits per heavy atom. The zero-order valence-corrected chi connectivity index (χ0v) is 15.2. The Balaban J connectivity index is 1.58. The van der Waals surface area contributed by atoms with Gasteiger partial charge in [0.1, 0.15) is 5.76 Å². The van der Waals surface area contributed by atoms with Crippen LogP contribution in [0.15, 0.2) is 35.1 Å². The molecule has 1 aliphatic heterocycles. The van der Waals surface area contributed by atoms with Crippen LogP contribution in [0, 0.1) is 0 Å². The molecule has 0 aromatic carbocycles. The van der Waals surface area contributed by atoms with Crippen LogP contribution >= 0.6 is 0 Å². The van der Waals surface area contributed by atoms with Crippen LogP contribution in [0.5, 0.6) is 0 Å². The quantitative estimate of drug-likeness (QED) is 0.858. The van der Waals surface area contributed by atoms with Crippen LogP contribution in [0.4, 0.5) is 0 Å². The van der Waals surface area contributed by atoms with Gasteiger partial charge in [0, 0.05) is 44.0 Å². The van der Waals surface area contributed by atoms with Crippen molar-refractivity contribution >= 4 is 5.91 Å². The van der Waals surface area contributed by atoms with Crippen LogP contribution in [-0.4, -0.2) is 51.9 Å². The number of nitrogens with zero attached hydrogens (tertiary/aromatic N) is 4. The molecule has 3 rings (SSSR count). The molecule has 1 amide bonds. The highest BCUT2D eigenvalue weighted by molar-refractivity contribution is 5.93. The molecule has 25 heavy (non-hydrogen) atoms. The standard InChI is InChI=1S/C19H26N4O2/c1-19(2,3)16-13-21-17(25-16)14-22-8-5-9-23(11-10-22)18(24)15-6-4-7-20-12-15/h4,6-7,12-13H,5,8-11,14H2,1-3H3. The fraction of sp³-hybridized carbons (Fsp3) is 0.526. The van der Waals surface area contributed by atoms with E-state index in [1.165, 1.54) is 0 Å². The molecule has 134 valence electrons. The van der Waals surface area contributed by atoms with E-state index < -0.39 is 0 Å². The number of rotatable bonds is 3. The summed E-state index contributed by atoms with van der Waals surface area (Å²) in [6.45, 7) is 10.3. The zero-order chi connectivity index (χ0) is 17.9. The Bertz CT molecular complexity index is 706. The van der Waals surface area contributed by atoms with E-state index in [2.05, 4.69) is 35.6 Å². The first-order valence-electron chi connectivity index (χ1n) is 8.80. The molecule has 1 saturated heterocycles. The highest BCUT2D eigenvalue weighted by Crippen LogP contribution is 2.23.